The quantitative estimate of drug-likeness (QED) is 0.702. The fraction of sp³-hybridized carbons (Fsp3) is 0.909. The third-order valence-corrected chi connectivity index (χ3v) is 3.10. The van der Waals surface area contributed by atoms with Gasteiger partial charge in [0, 0.05) is 20.1 Å². The molecule has 0 aromatic carbocycles. The summed E-state index contributed by atoms with van der Waals surface area (Å²) in [4.78, 5) is 13.7. The summed E-state index contributed by atoms with van der Waals surface area (Å²) in [6.07, 6.45) is 2.27. The van der Waals surface area contributed by atoms with Crippen LogP contribution < -0.4 is 0 Å². The van der Waals surface area contributed by atoms with E-state index in [2.05, 4.69) is 0 Å². The van der Waals surface area contributed by atoms with E-state index in [-0.39, 0.29) is 5.91 Å². The molecule has 0 N–H and O–H groups in total. The van der Waals surface area contributed by atoms with Crippen molar-refractivity contribution >= 4 is 5.91 Å². The van der Waals surface area contributed by atoms with Crippen molar-refractivity contribution in [3.63, 3.8) is 0 Å². The first-order chi connectivity index (χ1) is 7.76. The molecule has 5 heteroatoms. The Morgan fingerprint density at radius 1 is 1.44 bits per heavy atom. The van der Waals surface area contributed by atoms with Gasteiger partial charge in [0.05, 0.1) is 32.8 Å². The number of nitrogens with zero attached hydrogens (tertiary/aromatic N) is 1. The highest BCUT2D eigenvalue weighted by Crippen LogP contribution is 2.30. The van der Waals surface area contributed by atoms with E-state index in [4.69, 9.17) is 14.2 Å². The maximum atomic E-state index is 11.8. The van der Waals surface area contributed by atoms with E-state index < -0.39 is 5.79 Å². The molecular formula is C11H19NO4. The number of piperidine rings is 1. The highest BCUT2D eigenvalue weighted by atomic mass is 16.7. The Balaban J connectivity index is 1.88. The SMILES string of the molecule is COCCC(=O)N1CCCC2(C1)OCCO2. The zero-order valence-electron chi connectivity index (χ0n) is 9.74. The van der Waals surface area contributed by atoms with E-state index in [1.165, 1.54) is 0 Å². The lowest BCUT2D eigenvalue weighted by molar-refractivity contribution is -0.193. The van der Waals surface area contributed by atoms with Crippen molar-refractivity contribution in [2.75, 3.05) is 40.0 Å². The first kappa shape index (κ1) is 11.8. The summed E-state index contributed by atoms with van der Waals surface area (Å²) >= 11 is 0. The van der Waals surface area contributed by atoms with Crippen LogP contribution in [0.15, 0.2) is 0 Å². The van der Waals surface area contributed by atoms with Crippen molar-refractivity contribution in [2.45, 2.75) is 25.0 Å². The second-order valence-corrected chi connectivity index (χ2v) is 4.27. The molecule has 0 saturated carbocycles. The van der Waals surface area contributed by atoms with Crippen LogP contribution in [-0.2, 0) is 19.0 Å². The number of carbonyl (C=O) groups excluding carboxylic acids is 1. The summed E-state index contributed by atoms with van der Waals surface area (Å²) in [5, 5.41) is 0. The summed E-state index contributed by atoms with van der Waals surface area (Å²) < 4.78 is 16.1. The van der Waals surface area contributed by atoms with Gasteiger partial charge in [0.25, 0.3) is 0 Å². The molecule has 2 heterocycles. The van der Waals surface area contributed by atoms with Crippen LogP contribution in [0.4, 0.5) is 0 Å². The van der Waals surface area contributed by atoms with E-state index in [0.29, 0.717) is 32.8 Å². The third-order valence-electron chi connectivity index (χ3n) is 3.10. The van der Waals surface area contributed by atoms with Crippen LogP contribution >= 0.6 is 0 Å². The molecule has 0 atom stereocenters. The molecule has 16 heavy (non-hydrogen) atoms. The molecule has 0 aromatic heterocycles. The minimum Gasteiger partial charge on any atom is -0.384 e. The predicted octanol–water partition coefficient (Wildman–Crippen LogP) is 0.388. The molecule has 0 aromatic rings. The second-order valence-electron chi connectivity index (χ2n) is 4.27. The molecular weight excluding hydrogens is 210 g/mol. The van der Waals surface area contributed by atoms with Crippen LogP contribution in [0.3, 0.4) is 0 Å². The topological polar surface area (TPSA) is 48.0 Å². The lowest BCUT2D eigenvalue weighted by Gasteiger charge is -2.38. The molecule has 0 aliphatic carbocycles. The van der Waals surface area contributed by atoms with Crippen LogP contribution in [0.5, 0.6) is 0 Å². The molecule has 2 rings (SSSR count). The number of amides is 1. The number of methoxy groups -OCH3 is 1. The molecule has 0 unspecified atom stereocenters. The van der Waals surface area contributed by atoms with E-state index in [1.807, 2.05) is 4.90 Å². The van der Waals surface area contributed by atoms with Crippen molar-refractivity contribution in [1.82, 2.24) is 4.90 Å². The predicted molar refractivity (Wildman–Crippen MR) is 56.9 cm³/mol. The Bertz CT molecular complexity index is 250. The van der Waals surface area contributed by atoms with Gasteiger partial charge in [-0.1, -0.05) is 0 Å². The lowest BCUT2D eigenvalue weighted by atomic mass is 10.0. The molecule has 0 radical (unpaired) electrons. The zero-order valence-corrected chi connectivity index (χ0v) is 9.74. The Morgan fingerprint density at radius 3 is 2.88 bits per heavy atom. The van der Waals surface area contributed by atoms with Gasteiger partial charge in [0.15, 0.2) is 5.79 Å². The third kappa shape index (κ3) is 2.53. The number of carbonyl (C=O) groups is 1. The van der Waals surface area contributed by atoms with Gasteiger partial charge in [-0.15, -0.1) is 0 Å². The molecule has 5 nitrogen and oxygen atoms in total. The van der Waals surface area contributed by atoms with Crippen molar-refractivity contribution in [3.8, 4) is 0 Å². The van der Waals surface area contributed by atoms with Gasteiger partial charge in [-0.25, -0.2) is 0 Å². The second kappa shape index (κ2) is 5.12. The number of hydrogen-bond donors (Lipinski definition) is 0. The molecule has 2 saturated heterocycles. The average molecular weight is 229 g/mol. The van der Waals surface area contributed by atoms with Crippen molar-refractivity contribution in [3.05, 3.63) is 0 Å². The van der Waals surface area contributed by atoms with Crippen LogP contribution in [0.2, 0.25) is 0 Å². The summed E-state index contributed by atoms with van der Waals surface area (Å²) in [5.74, 6) is -0.388. The first-order valence-electron chi connectivity index (χ1n) is 5.80. The van der Waals surface area contributed by atoms with E-state index in [9.17, 15) is 4.79 Å². The van der Waals surface area contributed by atoms with Crippen LogP contribution in [0.1, 0.15) is 19.3 Å². The molecule has 1 amide bonds. The van der Waals surface area contributed by atoms with E-state index in [1.54, 1.807) is 7.11 Å². The fourth-order valence-electron chi connectivity index (χ4n) is 2.28. The first-order valence-corrected chi connectivity index (χ1v) is 5.80. The molecule has 92 valence electrons. The maximum Gasteiger partial charge on any atom is 0.225 e. The summed E-state index contributed by atoms with van der Waals surface area (Å²) in [6.45, 7) is 3.12. The normalized spacial score (nSPS) is 23.9. The van der Waals surface area contributed by atoms with Crippen LogP contribution in [0, 0.1) is 0 Å². The van der Waals surface area contributed by atoms with Gasteiger partial charge in [-0.2, -0.15) is 0 Å². The number of ether oxygens (including phenoxy) is 3. The Morgan fingerprint density at radius 2 is 2.19 bits per heavy atom. The molecule has 2 aliphatic rings. The van der Waals surface area contributed by atoms with Gasteiger partial charge in [0.1, 0.15) is 0 Å². The van der Waals surface area contributed by atoms with E-state index >= 15 is 0 Å². The zero-order chi connectivity index (χ0) is 11.4. The highest BCUT2D eigenvalue weighted by molar-refractivity contribution is 5.76. The minimum atomic E-state index is -0.513. The van der Waals surface area contributed by atoms with E-state index in [0.717, 1.165) is 19.4 Å². The minimum absolute atomic E-state index is 0.125. The molecule has 0 bridgehead atoms. The van der Waals surface area contributed by atoms with Gasteiger partial charge < -0.3 is 19.1 Å². The standard InChI is InChI=1S/C11H19NO4/c1-14-6-3-10(13)12-5-2-4-11(9-12)15-7-8-16-11/h2-9H2,1H3. The Kier molecular flexibility index (Phi) is 3.78. The summed E-state index contributed by atoms with van der Waals surface area (Å²) in [6, 6.07) is 0. The largest absolute Gasteiger partial charge is 0.384 e. The smallest absolute Gasteiger partial charge is 0.225 e. The number of likely N-dealkylation sites (tertiary alicyclic amines) is 1. The van der Waals surface area contributed by atoms with Gasteiger partial charge in [0.2, 0.25) is 5.91 Å². The van der Waals surface area contributed by atoms with Gasteiger partial charge >= 0.3 is 0 Å². The molecule has 1 spiro atoms. The maximum absolute atomic E-state index is 11.8. The average Bonchev–Trinajstić information content (AvgIpc) is 2.74. The van der Waals surface area contributed by atoms with Gasteiger partial charge in [-0.05, 0) is 6.42 Å². The van der Waals surface area contributed by atoms with Crippen molar-refractivity contribution in [1.29, 1.82) is 0 Å². The lowest BCUT2D eigenvalue weighted by Crippen LogP contribution is -2.51. The Hall–Kier alpha value is -0.650. The van der Waals surface area contributed by atoms with Crippen molar-refractivity contribution < 1.29 is 19.0 Å². The fourth-order valence-corrected chi connectivity index (χ4v) is 2.28. The van der Waals surface area contributed by atoms with Gasteiger partial charge in [-0.3, -0.25) is 4.79 Å². The number of rotatable bonds is 3. The molecule has 2 aliphatic heterocycles. The summed E-state index contributed by atoms with van der Waals surface area (Å²) in [7, 11) is 1.61. The Labute approximate surface area is 95.6 Å². The number of hydrogen-bond acceptors (Lipinski definition) is 4. The van der Waals surface area contributed by atoms with Crippen LogP contribution in [0.25, 0.3) is 0 Å². The highest BCUT2D eigenvalue weighted by Gasteiger charge is 2.41. The van der Waals surface area contributed by atoms with Crippen molar-refractivity contribution in [2.24, 2.45) is 0 Å². The monoisotopic (exact) mass is 229 g/mol. The summed E-state index contributed by atoms with van der Waals surface area (Å²) in [5.41, 5.74) is 0. The molecule has 2 fully saturated rings. The van der Waals surface area contributed by atoms with Crippen LogP contribution in [-0.4, -0.2) is 56.6 Å².